The summed E-state index contributed by atoms with van der Waals surface area (Å²) in [4.78, 5) is 0. The summed E-state index contributed by atoms with van der Waals surface area (Å²) in [5, 5.41) is 10.0. The van der Waals surface area contributed by atoms with Gasteiger partial charge >= 0.3 is 0 Å². The zero-order chi connectivity index (χ0) is 10.4. The standard InChI is InChI=1S/C13H22O/c1-12(2)7-4-5-10-9-13(3,14)8-6-11(10)12/h14H,4-9H2,1-3H3/t13-/m0/s1. The van der Waals surface area contributed by atoms with Crippen LogP contribution in [0.25, 0.3) is 0 Å². The van der Waals surface area contributed by atoms with E-state index in [9.17, 15) is 5.11 Å². The van der Waals surface area contributed by atoms with Crippen LogP contribution in [0.5, 0.6) is 0 Å². The van der Waals surface area contributed by atoms with Gasteiger partial charge in [0.05, 0.1) is 5.60 Å². The van der Waals surface area contributed by atoms with Gasteiger partial charge in [-0.15, -0.1) is 0 Å². The lowest BCUT2D eigenvalue weighted by molar-refractivity contribution is 0.0397. The van der Waals surface area contributed by atoms with Crippen LogP contribution in [-0.4, -0.2) is 10.7 Å². The molecule has 0 amide bonds. The van der Waals surface area contributed by atoms with Crippen LogP contribution in [0.4, 0.5) is 0 Å². The quantitative estimate of drug-likeness (QED) is 0.586. The smallest absolute Gasteiger partial charge is 0.0659 e. The molecule has 0 radical (unpaired) electrons. The van der Waals surface area contributed by atoms with Gasteiger partial charge in [0.25, 0.3) is 0 Å². The number of rotatable bonds is 0. The van der Waals surface area contributed by atoms with Crippen molar-refractivity contribution in [1.29, 1.82) is 0 Å². The van der Waals surface area contributed by atoms with Crippen LogP contribution in [0.2, 0.25) is 0 Å². The molecule has 0 bridgehead atoms. The largest absolute Gasteiger partial charge is 0.390 e. The minimum Gasteiger partial charge on any atom is -0.390 e. The van der Waals surface area contributed by atoms with Crippen molar-refractivity contribution in [2.24, 2.45) is 5.41 Å². The first-order chi connectivity index (χ1) is 6.41. The van der Waals surface area contributed by atoms with Gasteiger partial charge < -0.3 is 5.11 Å². The fourth-order valence-corrected chi connectivity index (χ4v) is 3.18. The SMILES string of the molecule is CC1(C)CCCC2=C1CC[C@](C)(O)C2. The molecular weight excluding hydrogens is 172 g/mol. The van der Waals surface area contributed by atoms with Crippen molar-refractivity contribution < 1.29 is 5.11 Å². The number of aliphatic hydroxyl groups is 1. The van der Waals surface area contributed by atoms with E-state index >= 15 is 0 Å². The molecule has 0 aromatic rings. The van der Waals surface area contributed by atoms with Crippen molar-refractivity contribution in [2.75, 3.05) is 0 Å². The molecule has 2 aliphatic rings. The first-order valence-corrected chi connectivity index (χ1v) is 5.84. The minimum absolute atomic E-state index is 0.407. The zero-order valence-electron chi connectivity index (χ0n) is 9.69. The van der Waals surface area contributed by atoms with E-state index in [0.29, 0.717) is 5.41 Å². The lowest BCUT2D eigenvalue weighted by atomic mass is 9.65. The lowest BCUT2D eigenvalue weighted by Gasteiger charge is -2.42. The Kier molecular flexibility index (Phi) is 2.26. The Morgan fingerprint density at radius 1 is 1.07 bits per heavy atom. The Bertz CT molecular complexity index is 271. The molecule has 1 nitrogen and oxygen atoms in total. The molecule has 0 fully saturated rings. The molecule has 0 saturated heterocycles. The zero-order valence-corrected chi connectivity index (χ0v) is 9.69. The average Bonchev–Trinajstić information content (AvgIpc) is 2.00. The second-order valence-corrected chi connectivity index (χ2v) is 5.99. The van der Waals surface area contributed by atoms with Crippen molar-refractivity contribution >= 4 is 0 Å². The molecule has 0 aromatic heterocycles. The van der Waals surface area contributed by atoms with Crippen LogP contribution in [0, 0.1) is 5.41 Å². The van der Waals surface area contributed by atoms with Gasteiger partial charge in [-0.25, -0.2) is 0 Å². The summed E-state index contributed by atoms with van der Waals surface area (Å²) in [6.07, 6.45) is 6.86. The maximum atomic E-state index is 10.0. The molecule has 1 N–H and O–H groups in total. The topological polar surface area (TPSA) is 20.2 Å². The predicted molar refractivity (Wildman–Crippen MR) is 59.1 cm³/mol. The first-order valence-electron chi connectivity index (χ1n) is 5.84. The number of allylic oxidation sites excluding steroid dienone is 1. The number of hydrogen-bond donors (Lipinski definition) is 1. The highest BCUT2D eigenvalue weighted by atomic mass is 16.3. The van der Waals surface area contributed by atoms with Gasteiger partial charge in [-0.3, -0.25) is 0 Å². The summed E-state index contributed by atoms with van der Waals surface area (Å²) < 4.78 is 0. The van der Waals surface area contributed by atoms with Crippen LogP contribution < -0.4 is 0 Å². The maximum absolute atomic E-state index is 10.0. The third-order valence-electron chi connectivity index (χ3n) is 4.03. The van der Waals surface area contributed by atoms with Gasteiger partial charge in [-0.2, -0.15) is 0 Å². The Morgan fingerprint density at radius 2 is 1.79 bits per heavy atom. The van der Waals surface area contributed by atoms with Gasteiger partial charge in [-0.1, -0.05) is 25.0 Å². The molecule has 1 atom stereocenters. The Morgan fingerprint density at radius 3 is 2.50 bits per heavy atom. The summed E-state index contributed by atoms with van der Waals surface area (Å²) in [6, 6.07) is 0. The molecule has 2 aliphatic carbocycles. The van der Waals surface area contributed by atoms with Crippen molar-refractivity contribution in [3.63, 3.8) is 0 Å². The number of hydrogen-bond acceptors (Lipinski definition) is 1. The van der Waals surface area contributed by atoms with Crippen LogP contribution in [0.1, 0.15) is 59.3 Å². The second-order valence-electron chi connectivity index (χ2n) is 5.99. The van der Waals surface area contributed by atoms with Gasteiger partial charge in [0.15, 0.2) is 0 Å². The van der Waals surface area contributed by atoms with E-state index in [2.05, 4.69) is 13.8 Å². The van der Waals surface area contributed by atoms with E-state index in [1.807, 2.05) is 6.92 Å². The molecule has 0 aromatic carbocycles. The lowest BCUT2D eigenvalue weighted by Crippen LogP contribution is -2.33. The van der Waals surface area contributed by atoms with Gasteiger partial charge in [0.2, 0.25) is 0 Å². The molecular formula is C13H22O. The van der Waals surface area contributed by atoms with Gasteiger partial charge in [0.1, 0.15) is 0 Å². The Labute approximate surface area is 87.2 Å². The molecule has 0 spiro atoms. The molecule has 1 heteroatoms. The second kappa shape index (κ2) is 3.10. The predicted octanol–water partition coefficient (Wildman–Crippen LogP) is 3.43. The van der Waals surface area contributed by atoms with E-state index in [1.54, 1.807) is 11.1 Å². The van der Waals surface area contributed by atoms with Gasteiger partial charge in [0, 0.05) is 0 Å². The molecule has 14 heavy (non-hydrogen) atoms. The van der Waals surface area contributed by atoms with Crippen molar-refractivity contribution in [3.8, 4) is 0 Å². The summed E-state index contributed by atoms with van der Waals surface area (Å²) in [5.74, 6) is 0. The fraction of sp³-hybridized carbons (Fsp3) is 0.846. The minimum atomic E-state index is -0.424. The maximum Gasteiger partial charge on any atom is 0.0659 e. The molecule has 0 saturated carbocycles. The van der Waals surface area contributed by atoms with E-state index in [-0.39, 0.29) is 0 Å². The van der Waals surface area contributed by atoms with Gasteiger partial charge in [-0.05, 0) is 50.9 Å². The highest BCUT2D eigenvalue weighted by molar-refractivity contribution is 5.28. The molecule has 2 rings (SSSR count). The van der Waals surface area contributed by atoms with Crippen molar-refractivity contribution in [1.82, 2.24) is 0 Å². The summed E-state index contributed by atoms with van der Waals surface area (Å²) in [5.41, 5.74) is 3.21. The van der Waals surface area contributed by atoms with E-state index in [1.165, 1.54) is 19.3 Å². The Balaban J connectivity index is 2.30. The summed E-state index contributed by atoms with van der Waals surface area (Å²) in [7, 11) is 0. The van der Waals surface area contributed by atoms with E-state index < -0.39 is 5.60 Å². The highest BCUT2D eigenvalue weighted by Crippen LogP contribution is 2.48. The molecule has 0 heterocycles. The average molecular weight is 194 g/mol. The van der Waals surface area contributed by atoms with E-state index in [0.717, 1.165) is 19.3 Å². The molecule has 80 valence electrons. The van der Waals surface area contributed by atoms with Crippen LogP contribution >= 0.6 is 0 Å². The fourth-order valence-electron chi connectivity index (χ4n) is 3.18. The monoisotopic (exact) mass is 194 g/mol. The normalized spacial score (nSPS) is 36.9. The summed E-state index contributed by atoms with van der Waals surface area (Å²) >= 11 is 0. The summed E-state index contributed by atoms with van der Waals surface area (Å²) in [6.45, 7) is 6.71. The molecule has 0 aliphatic heterocycles. The highest BCUT2D eigenvalue weighted by Gasteiger charge is 2.36. The van der Waals surface area contributed by atoms with E-state index in [4.69, 9.17) is 0 Å². The van der Waals surface area contributed by atoms with Crippen LogP contribution in [0.15, 0.2) is 11.1 Å². The Hall–Kier alpha value is -0.300. The van der Waals surface area contributed by atoms with Crippen molar-refractivity contribution in [3.05, 3.63) is 11.1 Å². The third-order valence-corrected chi connectivity index (χ3v) is 4.03. The van der Waals surface area contributed by atoms with Crippen LogP contribution in [0.3, 0.4) is 0 Å². The van der Waals surface area contributed by atoms with Crippen LogP contribution in [-0.2, 0) is 0 Å². The third kappa shape index (κ3) is 1.75. The molecule has 0 unspecified atom stereocenters. The first kappa shape index (κ1) is 10.2. The van der Waals surface area contributed by atoms with Crippen molar-refractivity contribution in [2.45, 2.75) is 64.9 Å².